The topological polar surface area (TPSA) is 26.3 Å². The van der Waals surface area contributed by atoms with Gasteiger partial charge >= 0.3 is 5.97 Å². The van der Waals surface area contributed by atoms with Crippen LogP contribution in [0.3, 0.4) is 0 Å². The van der Waals surface area contributed by atoms with E-state index >= 15 is 0 Å². The molecule has 0 atom stereocenters. The summed E-state index contributed by atoms with van der Waals surface area (Å²) in [5, 5.41) is 0. The average molecular weight is 232 g/mol. The molecular formula is C15H20O2. The lowest BCUT2D eigenvalue weighted by Gasteiger charge is -2.06. The van der Waals surface area contributed by atoms with E-state index in [0.29, 0.717) is 13.0 Å². The van der Waals surface area contributed by atoms with Crippen molar-refractivity contribution in [2.75, 3.05) is 6.61 Å². The van der Waals surface area contributed by atoms with Gasteiger partial charge in [-0.1, -0.05) is 24.3 Å². The number of esters is 1. The molecule has 0 heterocycles. The van der Waals surface area contributed by atoms with E-state index in [1.54, 1.807) is 0 Å². The van der Waals surface area contributed by atoms with E-state index in [4.69, 9.17) is 4.74 Å². The van der Waals surface area contributed by atoms with Crippen molar-refractivity contribution >= 4 is 12.0 Å². The van der Waals surface area contributed by atoms with E-state index in [2.05, 4.69) is 32.9 Å². The molecule has 0 saturated heterocycles. The molecule has 17 heavy (non-hydrogen) atoms. The molecule has 0 amide bonds. The van der Waals surface area contributed by atoms with E-state index in [1.165, 1.54) is 16.7 Å². The summed E-state index contributed by atoms with van der Waals surface area (Å²) < 4.78 is 4.86. The second-order valence-corrected chi connectivity index (χ2v) is 4.20. The van der Waals surface area contributed by atoms with Crippen molar-refractivity contribution in [2.24, 2.45) is 0 Å². The first-order valence-corrected chi connectivity index (χ1v) is 5.94. The second-order valence-electron chi connectivity index (χ2n) is 4.20. The zero-order chi connectivity index (χ0) is 12.8. The number of rotatable bonds is 4. The summed E-state index contributed by atoms with van der Waals surface area (Å²) in [4.78, 5) is 11.2. The summed E-state index contributed by atoms with van der Waals surface area (Å²) in [5.41, 5.74) is 4.96. The molecule has 92 valence electrons. The molecule has 0 aliphatic rings. The predicted molar refractivity (Wildman–Crippen MR) is 70.9 cm³/mol. The Hall–Kier alpha value is -1.57. The highest BCUT2D eigenvalue weighted by Gasteiger charge is 2.00. The average Bonchev–Trinajstić information content (AvgIpc) is 2.26. The quantitative estimate of drug-likeness (QED) is 0.742. The molecule has 0 saturated carbocycles. The standard InChI is InChI=1S/C15H20O2/c1-5-17-15(16)8-6-7-14-10-12(3)11(2)9-13(14)4/h6-7,9-10H,5,8H2,1-4H3. The van der Waals surface area contributed by atoms with Crippen molar-refractivity contribution in [3.63, 3.8) is 0 Å². The number of hydrogen-bond acceptors (Lipinski definition) is 2. The minimum atomic E-state index is -0.176. The van der Waals surface area contributed by atoms with Crippen LogP contribution in [0.2, 0.25) is 0 Å². The molecule has 1 aromatic rings. The molecule has 2 nitrogen and oxygen atoms in total. The summed E-state index contributed by atoms with van der Waals surface area (Å²) in [7, 11) is 0. The van der Waals surface area contributed by atoms with Crippen LogP contribution in [0, 0.1) is 20.8 Å². The highest BCUT2D eigenvalue weighted by atomic mass is 16.5. The third-order valence-corrected chi connectivity index (χ3v) is 2.77. The Balaban J connectivity index is 2.71. The van der Waals surface area contributed by atoms with Gasteiger partial charge in [0.15, 0.2) is 0 Å². The van der Waals surface area contributed by atoms with Gasteiger partial charge in [-0.2, -0.15) is 0 Å². The molecule has 0 radical (unpaired) electrons. The number of aryl methyl sites for hydroxylation is 3. The fraction of sp³-hybridized carbons (Fsp3) is 0.400. The first-order valence-electron chi connectivity index (χ1n) is 5.94. The smallest absolute Gasteiger partial charge is 0.309 e. The van der Waals surface area contributed by atoms with Crippen LogP contribution in [0.5, 0.6) is 0 Å². The lowest BCUT2D eigenvalue weighted by molar-refractivity contribution is -0.142. The SMILES string of the molecule is CCOC(=O)CC=Cc1cc(C)c(C)cc1C. The maximum atomic E-state index is 11.2. The molecule has 0 aliphatic heterocycles. The summed E-state index contributed by atoms with van der Waals surface area (Å²) >= 11 is 0. The number of benzene rings is 1. The van der Waals surface area contributed by atoms with E-state index in [9.17, 15) is 4.79 Å². The Kier molecular flexibility index (Phi) is 4.95. The molecule has 1 aromatic carbocycles. The van der Waals surface area contributed by atoms with Gasteiger partial charge < -0.3 is 4.74 Å². The molecule has 0 fully saturated rings. The number of ether oxygens (including phenoxy) is 1. The lowest BCUT2D eigenvalue weighted by atomic mass is 10.0. The molecule has 1 rings (SSSR count). The second kappa shape index (κ2) is 6.24. The molecule has 0 bridgehead atoms. The highest BCUT2D eigenvalue weighted by Crippen LogP contribution is 2.16. The van der Waals surface area contributed by atoms with Gasteiger partial charge in [0.05, 0.1) is 13.0 Å². The normalized spacial score (nSPS) is 10.8. The highest BCUT2D eigenvalue weighted by molar-refractivity contribution is 5.73. The number of carbonyl (C=O) groups is 1. The van der Waals surface area contributed by atoms with Crippen molar-refractivity contribution < 1.29 is 9.53 Å². The van der Waals surface area contributed by atoms with Gasteiger partial charge in [0.2, 0.25) is 0 Å². The number of hydrogen-bond donors (Lipinski definition) is 0. The van der Waals surface area contributed by atoms with Crippen molar-refractivity contribution in [2.45, 2.75) is 34.1 Å². The Bertz CT molecular complexity index is 431. The third kappa shape index (κ3) is 4.06. The summed E-state index contributed by atoms with van der Waals surface area (Å²) in [6.07, 6.45) is 4.17. The minimum absolute atomic E-state index is 0.176. The van der Waals surface area contributed by atoms with Crippen molar-refractivity contribution in [3.05, 3.63) is 40.5 Å². The van der Waals surface area contributed by atoms with Crippen LogP contribution < -0.4 is 0 Å². The lowest BCUT2D eigenvalue weighted by Crippen LogP contribution is -2.01. The van der Waals surface area contributed by atoms with Gasteiger partial charge in [-0.15, -0.1) is 0 Å². The zero-order valence-electron chi connectivity index (χ0n) is 11.0. The van der Waals surface area contributed by atoms with Crippen LogP contribution in [-0.4, -0.2) is 12.6 Å². The van der Waals surface area contributed by atoms with Crippen LogP contribution in [0.1, 0.15) is 35.6 Å². The van der Waals surface area contributed by atoms with Gasteiger partial charge in [0.1, 0.15) is 0 Å². The maximum absolute atomic E-state index is 11.2. The van der Waals surface area contributed by atoms with E-state index in [-0.39, 0.29) is 5.97 Å². The summed E-state index contributed by atoms with van der Waals surface area (Å²) in [5.74, 6) is -0.176. The van der Waals surface area contributed by atoms with E-state index in [0.717, 1.165) is 5.56 Å². The van der Waals surface area contributed by atoms with Crippen molar-refractivity contribution in [1.82, 2.24) is 0 Å². The molecule has 0 N–H and O–H groups in total. The van der Waals surface area contributed by atoms with Gasteiger partial charge in [-0.05, 0) is 49.9 Å². The Morgan fingerprint density at radius 2 is 1.82 bits per heavy atom. The molecule has 0 unspecified atom stereocenters. The van der Waals surface area contributed by atoms with Crippen molar-refractivity contribution in [3.8, 4) is 0 Å². The molecular weight excluding hydrogens is 212 g/mol. The van der Waals surface area contributed by atoms with Crippen molar-refractivity contribution in [1.29, 1.82) is 0 Å². The van der Waals surface area contributed by atoms with Gasteiger partial charge in [0.25, 0.3) is 0 Å². The molecule has 0 spiro atoms. The largest absolute Gasteiger partial charge is 0.466 e. The van der Waals surface area contributed by atoms with Crippen LogP contribution in [-0.2, 0) is 9.53 Å². The van der Waals surface area contributed by atoms with E-state index < -0.39 is 0 Å². The first kappa shape index (κ1) is 13.5. The first-order chi connectivity index (χ1) is 8.04. The zero-order valence-corrected chi connectivity index (χ0v) is 11.0. The molecule has 0 aromatic heterocycles. The Labute approximate surface area is 103 Å². The van der Waals surface area contributed by atoms with Crippen LogP contribution >= 0.6 is 0 Å². The number of carbonyl (C=O) groups excluding carboxylic acids is 1. The molecule has 0 aliphatic carbocycles. The monoisotopic (exact) mass is 232 g/mol. The Morgan fingerprint density at radius 1 is 1.18 bits per heavy atom. The predicted octanol–water partition coefficient (Wildman–Crippen LogP) is 3.58. The molecule has 2 heteroatoms. The third-order valence-electron chi connectivity index (χ3n) is 2.77. The van der Waals surface area contributed by atoms with Crippen LogP contribution in [0.4, 0.5) is 0 Å². The van der Waals surface area contributed by atoms with Crippen LogP contribution in [0.15, 0.2) is 18.2 Å². The fourth-order valence-corrected chi connectivity index (χ4v) is 1.66. The summed E-state index contributed by atoms with van der Waals surface area (Å²) in [6.45, 7) is 8.53. The van der Waals surface area contributed by atoms with Gasteiger partial charge in [-0.25, -0.2) is 0 Å². The van der Waals surface area contributed by atoms with E-state index in [1.807, 2.05) is 19.1 Å². The fourth-order valence-electron chi connectivity index (χ4n) is 1.66. The minimum Gasteiger partial charge on any atom is -0.466 e. The van der Waals surface area contributed by atoms with Gasteiger partial charge in [0, 0.05) is 0 Å². The van der Waals surface area contributed by atoms with Crippen LogP contribution in [0.25, 0.3) is 6.08 Å². The van der Waals surface area contributed by atoms with Gasteiger partial charge in [-0.3, -0.25) is 4.79 Å². The summed E-state index contributed by atoms with van der Waals surface area (Å²) in [6, 6.07) is 4.31. The maximum Gasteiger partial charge on any atom is 0.309 e. The Morgan fingerprint density at radius 3 is 2.47 bits per heavy atom.